The third-order valence-corrected chi connectivity index (χ3v) is 5.53. The number of nitro groups is 1. The molecule has 8 heteroatoms. The van der Waals surface area contributed by atoms with Crippen molar-refractivity contribution >= 4 is 23.0 Å². The average Bonchev–Trinajstić information content (AvgIpc) is 3.28. The van der Waals surface area contributed by atoms with Gasteiger partial charge in [-0.05, 0) is 53.6 Å². The number of non-ortho nitro benzene ring substituents is 1. The molecule has 0 amide bonds. The van der Waals surface area contributed by atoms with Gasteiger partial charge in [-0.3, -0.25) is 19.9 Å². The van der Waals surface area contributed by atoms with Crippen molar-refractivity contribution in [3.8, 4) is 16.9 Å². The lowest BCUT2D eigenvalue weighted by Crippen LogP contribution is -2.08. The fourth-order valence-corrected chi connectivity index (χ4v) is 3.80. The molecule has 0 saturated carbocycles. The maximum absolute atomic E-state index is 13.3. The van der Waals surface area contributed by atoms with E-state index in [1.165, 1.54) is 30.3 Å². The molecular weight excluding hydrogens is 446 g/mol. The van der Waals surface area contributed by atoms with E-state index in [0.29, 0.717) is 16.8 Å². The third-order valence-electron chi connectivity index (χ3n) is 5.53. The van der Waals surface area contributed by atoms with Crippen molar-refractivity contribution < 1.29 is 19.2 Å². The molecule has 0 bridgehead atoms. The van der Waals surface area contributed by atoms with Crippen molar-refractivity contribution in [1.29, 1.82) is 0 Å². The molecule has 35 heavy (non-hydrogen) atoms. The molecule has 0 unspecified atom stereocenters. The molecule has 3 aromatic heterocycles. The standard InChI is InChI=1S/C27H17N3O5/c31-26(19-4-2-1-3-5-19)25-17-23(27(32)35-22-8-6-21(7-9-22)30(33)34)24-16-20(12-15-29(24)25)18-10-13-28-14-11-18/h1-17H. The molecule has 0 saturated heterocycles. The van der Waals surface area contributed by atoms with Gasteiger partial charge in [0.05, 0.1) is 21.7 Å². The lowest BCUT2D eigenvalue weighted by Gasteiger charge is -2.07. The molecule has 8 nitrogen and oxygen atoms in total. The number of aromatic nitrogens is 2. The fraction of sp³-hybridized carbons (Fsp3) is 0. The van der Waals surface area contributed by atoms with E-state index in [0.717, 1.165) is 11.1 Å². The highest BCUT2D eigenvalue weighted by molar-refractivity contribution is 6.11. The molecule has 2 aromatic carbocycles. The summed E-state index contributed by atoms with van der Waals surface area (Å²) in [6.07, 6.45) is 5.08. The first kappa shape index (κ1) is 21.7. The Balaban J connectivity index is 1.59. The summed E-state index contributed by atoms with van der Waals surface area (Å²) in [6.45, 7) is 0. The van der Waals surface area contributed by atoms with Gasteiger partial charge in [0.1, 0.15) is 5.75 Å². The minimum atomic E-state index is -0.685. The van der Waals surface area contributed by atoms with E-state index in [4.69, 9.17) is 4.74 Å². The zero-order valence-corrected chi connectivity index (χ0v) is 18.2. The molecule has 0 aliphatic heterocycles. The number of ketones is 1. The van der Waals surface area contributed by atoms with Gasteiger partial charge in [0, 0.05) is 36.3 Å². The highest BCUT2D eigenvalue weighted by Crippen LogP contribution is 2.27. The van der Waals surface area contributed by atoms with Crippen LogP contribution in [0.2, 0.25) is 0 Å². The van der Waals surface area contributed by atoms with E-state index in [1.54, 1.807) is 47.3 Å². The Labute approximate surface area is 199 Å². The highest BCUT2D eigenvalue weighted by atomic mass is 16.6. The molecule has 0 aliphatic rings. The highest BCUT2D eigenvalue weighted by Gasteiger charge is 2.22. The molecule has 0 radical (unpaired) electrons. The quantitative estimate of drug-likeness (QED) is 0.110. The number of ether oxygens (including phenoxy) is 1. The molecule has 0 spiro atoms. The van der Waals surface area contributed by atoms with Crippen molar-refractivity contribution in [3.05, 3.63) is 130 Å². The zero-order valence-electron chi connectivity index (χ0n) is 18.2. The Kier molecular flexibility index (Phi) is 5.60. The van der Waals surface area contributed by atoms with Gasteiger partial charge in [0.2, 0.25) is 5.78 Å². The van der Waals surface area contributed by atoms with Crippen LogP contribution in [-0.2, 0) is 0 Å². The van der Waals surface area contributed by atoms with Crippen LogP contribution in [0.5, 0.6) is 5.75 Å². The molecule has 3 heterocycles. The van der Waals surface area contributed by atoms with Crippen LogP contribution in [0.15, 0.2) is 104 Å². The Morgan fingerprint density at radius 1 is 0.857 bits per heavy atom. The van der Waals surface area contributed by atoms with Gasteiger partial charge >= 0.3 is 5.97 Å². The summed E-state index contributed by atoms with van der Waals surface area (Å²) in [5.74, 6) is -0.775. The number of hydrogen-bond donors (Lipinski definition) is 0. The number of esters is 1. The van der Waals surface area contributed by atoms with E-state index in [9.17, 15) is 19.7 Å². The predicted octanol–water partition coefficient (Wildman–Crippen LogP) is 5.36. The third kappa shape index (κ3) is 4.28. The molecular formula is C27H17N3O5. The first-order chi connectivity index (χ1) is 17.0. The van der Waals surface area contributed by atoms with Gasteiger partial charge < -0.3 is 9.14 Å². The largest absolute Gasteiger partial charge is 0.423 e. The fourth-order valence-electron chi connectivity index (χ4n) is 3.80. The second-order valence-electron chi connectivity index (χ2n) is 7.69. The van der Waals surface area contributed by atoms with Crippen LogP contribution in [0.25, 0.3) is 16.6 Å². The van der Waals surface area contributed by atoms with Gasteiger partial charge in [-0.1, -0.05) is 30.3 Å². The Morgan fingerprint density at radius 2 is 1.57 bits per heavy atom. The molecule has 0 fully saturated rings. The Morgan fingerprint density at radius 3 is 2.26 bits per heavy atom. The monoisotopic (exact) mass is 463 g/mol. The summed E-state index contributed by atoms with van der Waals surface area (Å²) in [6, 6.07) is 22.9. The van der Waals surface area contributed by atoms with Crippen LogP contribution < -0.4 is 4.74 Å². The zero-order chi connectivity index (χ0) is 24.4. The van der Waals surface area contributed by atoms with Gasteiger partial charge in [-0.15, -0.1) is 0 Å². The van der Waals surface area contributed by atoms with Crippen LogP contribution in [0, 0.1) is 10.1 Å². The maximum atomic E-state index is 13.3. The SMILES string of the molecule is O=C(Oc1ccc([N+](=O)[O-])cc1)c1cc(C(=O)c2ccccc2)n2ccc(-c3ccncc3)cc12. The van der Waals surface area contributed by atoms with Crippen LogP contribution in [0.4, 0.5) is 5.69 Å². The average molecular weight is 463 g/mol. The number of hydrogen-bond acceptors (Lipinski definition) is 6. The molecule has 170 valence electrons. The molecule has 0 aliphatic carbocycles. The second kappa shape index (κ2) is 9.03. The Hall–Kier alpha value is -5.11. The van der Waals surface area contributed by atoms with Crippen molar-refractivity contribution in [3.63, 3.8) is 0 Å². The summed E-state index contributed by atoms with van der Waals surface area (Å²) < 4.78 is 7.15. The number of fused-ring (bicyclic) bond motifs is 1. The van der Waals surface area contributed by atoms with Crippen LogP contribution in [-0.4, -0.2) is 26.1 Å². The summed E-state index contributed by atoms with van der Waals surface area (Å²) in [5, 5.41) is 10.9. The number of rotatable bonds is 6. The summed E-state index contributed by atoms with van der Waals surface area (Å²) in [5.41, 5.74) is 3.10. The molecule has 0 atom stereocenters. The number of pyridine rings is 2. The topological polar surface area (TPSA) is 104 Å². The molecule has 5 aromatic rings. The second-order valence-corrected chi connectivity index (χ2v) is 7.69. The summed E-state index contributed by atoms with van der Waals surface area (Å²) in [4.78, 5) is 40.8. The minimum absolute atomic E-state index is 0.114. The van der Waals surface area contributed by atoms with Crippen molar-refractivity contribution in [2.45, 2.75) is 0 Å². The van der Waals surface area contributed by atoms with Crippen LogP contribution >= 0.6 is 0 Å². The van der Waals surface area contributed by atoms with Crippen molar-refractivity contribution in [2.75, 3.05) is 0 Å². The van der Waals surface area contributed by atoms with Crippen molar-refractivity contribution in [1.82, 2.24) is 9.38 Å². The minimum Gasteiger partial charge on any atom is -0.423 e. The van der Waals surface area contributed by atoms with Crippen LogP contribution in [0.3, 0.4) is 0 Å². The van der Waals surface area contributed by atoms with Gasteiger partial charge in [0.25, 0.3) is 5.69 Å². The number of nitro benzene ring substituents is 1. The number of benzene rings is 2. The van der Waals surface area contributed by atoms with E-state index >= 15 is 0 Å². The first-order valence-electron chi connectivity index (χ1n) is 10.6. The van der Waals surface area contributed by atoms with Crippen molar-refractivity contribution in [2.24, 2.45) is 0 Å². The lowest BCUT2D eigenvalue weighted by atomic mass is 10.1. The normalized spacial score (nSPS) is 10.7. The van der Waals surface area contributed by atoms with E-state index in [2.05, 4.69) is 4.98 Å². The van der Waals surface area contributed by atoms with E-state index in [1.807, 2.05) is 30.3 Å². The number of nitrogens with zero attached hydrogens (tertiary/aromatic N) is 3. The van der Waals surface area contributed by atoms with E-state index < -0.39 is 10.9 Å². The maximum Gasteiger partial charge on any atom is 0.345 e. The number of carbonyl (C=O) groups excluding carboxylic acids is 2. The van der Waals surface area contributed by atoms with Gasteiger partial charge in [-0.25, -0.2) is 4.79 Å². The van der Waals surface area contributed by atoms with Crippen LogP contribution in [0.1, 0.15) is 26.4 Å². The van der Waals surface area contributed by atoms with Gasteiger partial charge in [-0.2, -0.15) is 0 Å². The summed E-state index contributed by atoms with van der Waals surface area (Å²) in [7, 11) is 0. The van der Waals surface area contributed by atoms with Gasteiger partial charge in [0.15, 0.2) is 0 Å². The smallest absolute Gasteiger partial charge is 0.345 e. The summed E-state index contributed by atoms with van der Waals surface area (Å²) >= 11 is 0. The first-order valence-corrected chi connectivity index (χ1v) is 10.6. The van der Waals surface area contributed by atoms with E-state index in [-0.39, 0.29) is 22.8 Å². The Bertz CT molecular complexity index is 1560. The number of carbonyl (C=O) groups is 2. The molecule has 5 rings (SSSR count). The lowest BCUT2D eigenvalue weighted by molar-refractivity contribution is -0.384. The molecule has 0 N–H and O–H groups in total. The predicted molar refractivity (Wildman–Crippen MR) is 129 cm³/mol.